The van der Waals surface area contributed by atoms with Crippen LogP contribution in [0.2, 0.25) is 0 Å². The van der Waals surface area contributed by atoms with Gasteiger partial charge in [0, 0.05) is 19.5 Å². The first kappa shape index (κ1) is 21.4. The number of rotatable bonds is 11. The lowest BCUT2D eigenvalue weighted by molar-refractivity contribution is -0.122. The van der Waals surface area contributed by atoms with Gasteiger partial charge in [-0.15, -0.1) is 0 Å². The second-order valence-electron chi connectivity index (χ2n) is 6.83. The molecule has 1 aromatic carbocycles. The zero-order valence-electron chi connectivity index (χ0n) is 16.0. The lowest BCUT2D eigenvalue weighted by Crippen LogP contribution is -2.31. The summed E-state index contributed by atoms with van der Waals surface area (Å²) in [5.74, 6) is -0.475. The van der Waals surface area contributed by atoms with Gasteiger partial charge in [-0.05, 0) is 24.3 Å². The number of carbonyl (C=O) groups is 3. The maximum absolute atomic E-state index is 12.7. The highest BCUT2D eigenvalue weighted by Gasteiger charge is 2.28. The number of carbonyl (C=O) groups excluding carboxylic acids is 2. The molecule has 0 spiro atoms. The van der Waals surface area contributed by atoms with Crippen molar-refractivity contribution in [1.82, 2.24) is 10.6 Å². The molecule has 28 heavy (non-hydrogen) atoms. The van der Waals surface area contributed by atoms with Gasteiger partial charge in [-0.2, -0.15) is 0 Å². The van der Waals surface area contributed by atoms with Crippen LogP contribution in [-0.2, 0) is 14.3 Å². The van der Waals surface area contributed by atoms with Gasteiger partial charge in [-0.3, -0.25) is 9.59 Å². The van der Waals surface area contributed by atoms with E-state index in [0.717, 1.165) is 5.56 Å². The molecule has 152 valence electrons. The molecule has 2 unspecified atom stereocenters. The van der Waals surface area contributed by atoms with E-state index in [1.165, 1.54) is 0 Å². The fourth-order valence-corrected chi connectivity index (χ4v) is 3.04. The number of nitrogens with one attached hydrogen (secondary N) is 2. The van der Waals surface area contributed by atoms with E-state index in [1.54, 1.807) is 0 Å². The summed E-state index contributed by atoms with van der Waals surface area (Å²) in [5.41, 5.74) is 0.869. The molecule has 0 saturated heterocycles. The normalized spacial score (nSPS) is 15.1. The predicted molar refractivity (Wildman–Crippen MR) is 104 cm³/mol. The predicted octanol–water partition coefficient (Wildman–Crippen LogP) is 1.96. The van der Waals surface area contributed by atoms with Crippen LogP contribution in [0.25, 0.3) is 0 Å². The molecule has 0 radical (unpaired) electrons. The van der Waals surface area contributed by atoms with Crippen molar-refractivity contribution in [3.63, 3.8) is 0 Å². The number of nitrogens with zero attached hydrogens (tertiary/aromatic N) is 1. The van der Waals surface area contributed by atoms with Crippen LogP contribution in [0.1, 0.15) is 37.7 Å². The van der Waals surface area contributed by atoms with E-state index in [0.29, 0.717) is 45.5 Å². The number of ether oxygens (including phenoxy) is 1. The minimum atomic E-state index is -1.07. The summed E-state index contributed by atoms with van der Waals surface area (Å²) in [6, 6.07) is 9.41. The molecule has 8 heteroatoms. The van der Waals surface area contributed by atoms with Gasteiger partial charge in [-0.1, -0.05) is 37.3 Å². The summed E-state index contributed by atoms with van der Waals surface area (Å²) in [4.78, 5) is 39.4. The molecule has 1 aliphatic heterocycles. The van der Waals surface area contributed by atoms with Crippen LogP contribution in [0, 0.1) is 5.92 Å². The third-order valence-electron chi connectivity index (χ3n) is 4.52. The highest BCUT2D eigenvalue weighted by Crippen LogP contribution is 2.22. The maximum atomic E-state index is 12.7. The van der Waals surface area contributed by atoms with Gasteiger partial charge < -0.3 is 20.5 Å². The average molecular weight is 389 g/mol. The Hall–Kier alpha value is -2.90. The topological polar surface area (TPSA) is 117 Å². The standard InChI is InChI=1S/C20H27N3O5/c1-14(7-9-23-20(26)27)13-17(24)21-10-8-16(15-5-3-2-4-6-15)18(25)19-22-11-12-28-19/h2-6,14,16,23H,7-13H2,1H3,(H,21,24)(H,26,27). The molecular weight excluding hydrogens is 362 g/mol. The SMILES string of the molecule is CC(CCNC(=O)O)CC(=O)NCCC(C(=O)C1=NCCO1)c1ccccc1. The number of hydrogen-bond acceptors (Lipinski definition) is 5. The van der Waals surface area contributed by atoms with Crippen molar-refractivity contribution in [2.45, 2.75) is 32.1 Å². The van der Waals surface area contributed by atoms with Crippen molar-refractivity contribution < 1.29 is 24.2 Å². The highest BCUT2D eigenvalue weighted by molar-refractivity contribution is 6.38. The Bertz CT molecular complexity index is 705. The third-order valence-corrected chi connectivity index (χ3v) is 4.52. The summed E-state index contributed by atoms with van der Waals surface area (Å²) in [6.45, 7) is 3.49. The van der Waals surface area contributed by atoms with Gasteiger partial charge in [0.25, 0.3) is 5.90 Å². The fourth-order valence-electron chi connectivity index (χ4n) is 3.04. The fraction of sp³-hybridized carbons (Fsp3) is 0.500. The number of benzene rings is 1. The Morgan fingerprint density at radius 3 is 2.50 bits per heavy atom. The number of hydrogen-bond donors (Lipinski definition) is 3. The summed E-state index contributed by atoms with van der Waals surface area (Å²) in [5, 5.41) is 13.7. The van der Waals surface area contributed by atoms with Crippen molar-refractivity contribution in [2.24, 2.45) is 10.9 Å². The Morgan fingerprint density at radius 1 is 1.14 bits per heavy atom. The molecule has 2 atom stereocenters. The van der Waals surface area contributed by atoms with E-state index >= 15 is 0 Å². The number of aliphatic imine (C=N–C) groups is 1. The molecule has 1 aliphatic rings. The molecule has 3 N–H and O–H groups in total. The van der Waals surface area contributed by atoms with E-state index < -0.39 is 12.0 Å². The van der Waals surface area contributed by atoms with Gasteiger partial charge in [-0.25, -0.2) is 9.79 Å². The molecule has 0 fully saturated rings. The molecule has 8 nitrogen and oxygen atoms in total. The quantitative estimate of drug-likeness (QED) is 0.535. The van der Waals surface area contributed by atoms with Gasteiger partial charge in [0.2, 0.25) is 11.7 Å². The number of carboxylic acid groups (broad SMARTS) is 1. The summed E-state index contributed by atoms with van der Waals surface area (Å²) >= 11 is 0. The molecule has 2 rings (SSSR count). The van der Waals surface area contributed by atoms with E-state index in [9.17, 15) is 14.4 Å². The first-order chi connectivity index (χ1) is 13.5. The minimum Gasteiger partial charge on any atom is -0.473 e. The number of ketones is 1. The van der Waals surface area contributed by atoms with E-state index in [2.05, 4.69) is 15.6 Å². The van der Waals surface area contributed by atoms with Crippen molar-refractivity contribution in [2.75, 3.05) is 26.2 Å². The van der Waals surface area contributed by atoms with Crippen molar-refractivity contribution >= 4 is 23.7 Å². The Labute approximate surface area is 164 Å². The van der Waals surface area contributed by atoms with Crippen molar-refractivity contribution in [3.8, 4) is 0 Å². The summed E-state index contributed by atoms with van der Waals surface area (Å²) < 4.78 is 5.32. The van der Waals surface area contributed by atoms with Gasteiger partial charge in [0.15, 0.2) is 0 Å². The third kappa shape index (κ3) is 7.02. The second kappa shape index (κ2) is 11.1. The largest absolute Gasteiger partial charge is 0.473 e. The van der Waals surface area contributed by atoms with Gasteiger partial charge >= 0.3 is 6.09 Å². The Balaban J connectivity index is 1.83. The molecule has 1 aromatic rings. The monoisotopic (exact) mass is 389 g/mol. The van der Waals surface area contributed by atoms with Crippen LogP contribution in [0.4, 0.5) is 4.79 Å². The second-order valence-corrected chi connectivity index (χ2v) is 6.83. The molecule has 0 aromatic heterocycles. The zero-order chi connectivity index (χ0) is 20.4. The van der Waals surface area contributed by atoms with Crippen molar-refractivity contribution in [3.05, 3.63) is 35.9 Å². The summed E-state index contributed by atoms with van der Waals surface area (Å²) in [7, 11) is 0. The van der Waals surface area contributed by atoms with E-state index in [-0.39, 0.29) is 23.5 Å². The van der Waals surface area contributed by atoms with Crippen LogP contribution >= 0.6 is 0 Å². The molecule has 1 heterocycles. The van der Waals surface area contributed by atoms with E-state index in [1.807, 2.05) is 37.3 Å². The molecule has 0 aliphatic carbocycles. The van der Waals surface area contributed by atoms with Crippen LogP contribution in [0.3, 0.4) is 0 Å². The Kier molecular flexibility index (Phi) is 8.45. The maximum Gasteiger partial charge on any atom is 0.404 e. The number of amides is 2. The molecular formula is C20H27N3O5. The van der Waals surface area contributed by atoms with Crippen LogP contribution < -0.4 is 10.6 Å². The molecule has 0 bridgehead atoms. The lowest BCUT2D eigenvalue weighted by atomic mass is 9.91. The average Bonchev–Trinajstić information content (AvgIpc) is 3.20. The first-order valence-corrected chi connectivity index (χ1v) is 9.47. The minimum absolute atomic E-state index is 0.0552. The number of Topliss-reactive ketones (excluding diaryl/α,β-unsaturated/α-hetero) is 1. The van der Waals surface area contributed by atoms with Crippen molar-refractivity contribution in [1.29, 1.82) is 0 Å². The highest BCUT2D eigenvalue weighted by atomic mass is 16.5. The van der Waals surface area contributed by atoms with Gasteiger partial charge in [0.05, 0.1) is 12.5 Å². The Morgan fingerprint density at radius 2 is 1.86 bits per heavy atom. The van der Waals surface area contributed by atoms with Crippen LogP contribution in [0.5, 0.6) is 0 Å². The summed E-state index contributed by atoms with van der Waals surface area (Å²) in [6.07, 6.45) is 0.277. The first-order valence-electron chi connectivity index (χ1n) is 9.47. The molecule has 2 amide bonds. The van der Waals surface area contributed by atoms with Crippen LogP contribution in [0.15, 0.2) is 35.3 Å². The zero-order valence-corrected chi connectivity index (χ0v) is 16.0. The smallest absolute Gasteiger partial charge is 0.404 e. The van der Waals surface area contributed by atoms with Crippen LogP contribution in [-0.4, -0.2) is 55.0 Å². The lowest BCUT2D eigenvalue weighted by Gasteiger charge is -2.17. The molecule has 0 saturated carbocycles. The van der Waals surface area contributed by atoms with Gasteiger partial charge in [0.1, 0.15) is 6.61 Å². The van der Waals surface area contributed by atoms with E-state index in [4.69, 9.17) is 9.84 Å².